The van der Waals surface area contributed by atoms with Crippen molar-refractivity contribution in [3.8, 4) is 0 Å². The van der Waals surface area contributed by atoms with Crippen LogP contribution >= 0.6 is 23.2 Å². The highest BCUT2D eigenvalue weighted by Crippen LogP contribution is 2.38. The monoisotopic (exact) mass is 368 g/mol. The average molecular weight is 369 g/mol. The lowest BCUT2D eigenvalue weighted by atomic mass is 10.1. The Morgan fingerprint density at radius 1 is 1.00 bits per heavy atom. The summed E-state index contributed by atoms with van der Waals surface area (Å²) in [4.78, 5) is -0.344. The predicted molar refractivity (Wildman–Crippen MR) is 78.1 cm³/mol. The smallest absolute Gasteiger partial charge is 0.219 e. The molecule has 2 nitrogen and oxygen atoms in total. The fourth-order valence-electron chi connectivity index (χ4n) is 1.91. The zero-order chi connectivity index (χ0) is 16.7. The molecule has 0 aromatic heterocycles. The van der Waals surface area contributed by atoms with E-state index in [0.717, 1.165) is 12.1 Å². The van der Waals surface area contributed by atoms with E-state index >= 15 is 0 Å². The van der Waals surface area contributed by atoms with Crippen LogP contribution < -0.4 is 0 Å². The highest BCUT2D eigenvalue weighted by molar-refractivity contribution is 7.91. The Hall–Kier alpha value is -1.24. The Bertz CT molecular complexity index is 813. The summed E-state index contributed by atoms with van der Waals surface area (Å²) >= 11 is 11.3. The van der Waals surface area contributed by atoms with E-state index < -0.39 is 26.6 Å². The van der Waals surface area contributed by atoms with Crippen molar-refractivity contribution in [1.29, 1.82) is 0 Å². The van der Waals surface area contributed by atoms with Crippen LogP contribution in [-0.4, -0.2) is 8.42 Å². The van der Waals surface area contributed by atoms with Gasteiger partial charge in [-0.1, -0.05) is 23.2 Å². The molecule has 0 atom stereocenters. The number of benzene rings is 2. The van der Waals surface area contributed by atoms with Gasteiger partial charge in [-0.15, -0.1) is 0 Å². The number of sulfone groups is 1. The van der Waals surface area contributed by atoms with E-state index in [1.54, 1.807) is 0 Å². The van der Waals surface area contributed by atoms with Crippen LogP contribution in [0.1, 0.15) is 11.1 Å². The van der Waals surface area contributed by atoms with Gasteiger partial charge in [0.05, 0.1) is 20.4 Å². The van der Waals surface area contributed by atoms with E-state index in [1.807, 2.05) is 0 Å². The number of alkyl halides is 3. The van der Waals surface area contributed by atoms with Gasteiger partial charge in [-0.2, -0.15) is 13.2 Å². The van der Waals surface area contributed by atoms with Crippen LogP contribution in [0.25, 0.3) is 0 Å². The predicted octanol–water partition coefficient (Wildman–Crippen LogP) is 5.15. The zero-order valence-electron chi connectivity index (χ0n) is 11.1. The Morgan fingerprint density at radius 3 is 2.05 bits per heavy atom. The minimum Gasteiger partial charge on any atom is -0.219 e. The summed E-state index contributed by atoms with van der Waals surface area (Å²) in [6, 6.07) is 6.88. The van der Waals surface area contributed by atoms with Gasteiger partial charge >= 0.3 is 6.18 Å². The number of aryl methyl sites for hydroxylation is 1. The molecule has 0 aliphatic heterocycles. The van der Waals surface area contributed by atoms with Crippen molar-refractivity contribution in [2.45, 2.75) is 22.9 Å². The van der Waals surface area contributed by atoms with Crippen LogP contribution in [0.5, 0.6) is 0 Å². The van der Waals surface area contributed by atoms with E-state index in [1.165, 1.54) is 31.2 Å². The first kappa shape index (κ1) is 17.1. The van der Waals surface area contributed by atoms with Crippen LogP contribution in [0.2, 0.25) is 10.0 Å². The minimum atomic E-state index is -4.65. The standard InChI is InChI=1S/C14H9Cl2F3O2S/c1-8-6-11(14(17,18)19)12(16)7-13(8)22(20,21)10-4-2-9(15)3-5-10/h2-7H,1H3. The van der Waals surface area contributed by atoms with Crippen molar-refractivity contribution in [2.75, 3.05) is 0 Å². The third-order valence-corrected chi connectivity index (χ3v) is 5.46. The van der Waals surface area contributed by atoms with E-state index in [-0.39, 0.29) is 15.4 Å². The summed E-state index contributed by atoms with van der Waals surface area (Å²) < 4.78 is 63.3. The molecule has 8 heteroatoms. The molecule has 0 saturated heterocycles. The number of hydrogen-bond acceptors (Lipinski definition) is 2. The molecule has 0 aliphatic carbocycles. The molecule has 0 bridgehead atoms. The average Bonchev–Trinajstić information content (AvgIpc) is 2.40. The lowest BCUT2D eigenvalue weighted by Gasteiger charge is -2.14. The van der Waals surface area contributed by atoms with Crippen molar-refractivity contribution in [3.05, 3.63) is 57.6 Å². The Kier molecular flexibility index (Phi) is 4.48. The van der Waals surface area contributed by atoms with Crippen LogP contribution in [0, 0.1) is 6.92 Å². The van der Waals surface area contributed by atoms with E-state index in [2.05, 4.69) is 0 Å². The van der Waals surface area contributed by atoms with Gasteiger partial charge in [0, 0.05) is 5.02 Å². The second-order valence-corrected chi connectivity index (χ2v) is 7.31. The molecule has 2 aromatic rings. The third-order valence-electron chi connectivity index (χ3n) is 2.98. The Labute approximate surface area is 135 Å². The maximum atomic E-state index is 12.8. The van der Waals surface area contributed by atoms with Crippen molar-refractivity contribution in [3.63, 3.8) is 0 Å². The maximum absolute atomic E-state index is 12.8. The maximum Gasteiger partial charge on any atom is 0.417 e. The lowest BCUT2D eigenvalue weighted by molar-refractivity contribution is -0.137. The lowest BCUT2D eigenvalue weighted by Crippen LogP contribution is -2.10. The molecule has 0 amide bonds. The van der Waals surface area contributed by atoms with Gasteiger partial charge in [-0.25, -0.2) is 8.42 Å². The summed E-state index contributed by atoms with van der Waals surface area (Å²) in [7, 11) is -3.98. The summed E-state index contributed by atoms with van der Waals surface area (Å²) in [6.45, 7) is 1.29. The van der Waals surface area contributed by atoms with Gasteiger partial charge in [0.25, 0.3) is 0 Å². The molecule has 0 aliphatic rings. The minimum absolute atomic E-state index is 0.0355. The zero-order valence-corrected chi connectivity index (χ0v) is 13.4. The Balaban J connectivity index is 2.62. The quantitative estimate of drug-likeness (QED) is 0.734. The largest absolute Gasteiger partial charge is 0.417 e. The van der Waals surface area contributed by atoms with E-state index in [0.29, 0.717) is 5.02 Å². The molecule has 2 rings (SSSR count). The van der Waals surface area contributed by atoms with Gasteiger partial charge in [-0.05, 0) is 48.9 Å². The van der Waals surface area contributed by atoms with E-state index in [9.17, 15) is 21.6 Å². The molecule has 118 valence electrons. The van der Waals surface area contributed by atoms with Crippen LogP contribution in [0.3, 0.4) is 0 Å². The van der Waals surface area contributed by atoms with E-state index in [4.69, 9.17) is 23.2 Å². The van der Waals surface area contributed by atoms with Gasteiger partial charge in [0.2, 0.25) is 9.84 Å². The first-order chi connectivity index (χ1) is 10.0. The summed E-state index contributed by atoms with van der Waals surface area (Å²) in [5, 5.41) is -0.313. The molecular formula is C14H9Cl2F3O2S. The summed E-state index contributed by atoms with van der Waals surface area (Å²) in [5.41, 5.74) is -1.10. The molecule has 0 saturated carbocycles. The number of rotatable bonds is 2. The summed E-state index contributed by atoms with van der Waals surface area (Å²) in [5.74, 6) is 0. The molecule has 0 unspecified atom stereocenters. The SMILES string of the molecule is Cc1cc(C(F)(F)F)c(Cl)cc1S(=O)(=O)c1ccc(Cl)cc1. The molecule has 2 aromatic carbocycles. The van der Waals surface area contributed by atoms with Crippen molar-refractivity contribution >= 4 is 33.0 Å². The number of hydrogen-bond donors (Lipinski definition) is 0. The topological polar surface area (TPSA) is 34.1 Å². The molecule has 0 N–H and O–H groups in total. The summed E-state index contributed by atoms with van der Waals surface area (Å²) in [6.07, 6.45) is -4.65. The Morgan fingerprint density at radius 2 is 1.55 bits per heavy atom. The van der Waals surface area contributed by atoms with Crippen LogP contribution in [-0.2, 0) is 16.0 Å². The molecule has 0 heterocycles. The molecule has 0 fully saturated rings. The fourth-order valence-corrected chi connectivity index (χ4v) is 3.88. The highest BCUT2D eigenvalue weighted by atomic mass is 35.5. The second-order valence-electron chi connectivity index (χ2n) is 4.55. The third kappa shape index (κ3) is 3.24. The van der Waals surface area contributed by atoms with Crippen molar-refractivity contribution < 1.29 is 21.6 Å². The first-order valence-corrected chi connectivity index (χ1v) is 8.15. The van der Waals surface area contributed by atoms with Crippen molar-refractivity contribution in [1.82, 2.24) is 0 Å². The van der Waals surface area contributed by atoms with Gasteiger partial charge in [0.1, 0.15) is 0 Å². The number of halogens is 5. The fraction of sp³-hybridized carbons (Fsp3) is 0.143. The molecule has 0 spiro atoms. The molecule has 22 heavy (non-hydrogen) atoms. The first-order valence-electron chi connectivity index (χ1n) is 5.91. The highest BCUT2D eigenvalue weighted by Gasteiger charge is 2.35. The normalized spacial score (nSPS) is 12.5. The van der Waals surface area contributed by atoms with Crippen molar-refractivity contribution in [2.24, 2.45) is 0 Å². The van der Waals surface area contributed by atoms with Crippen LogP contribution in [0.15, 0.2) is 46.2 Å². The molecule has 0 radical (unpaired) electrons. The molecular weight excluding hydrogens is 360 g/mol. The van der Waals surface area contributed by atoms with Gasteiger partial charge in [0.15, 0.2) is 0 Å². The van der Waals surface area contributed by atoms with Gasteiger partial charge < -0.3 is 0 Å². The van der Waals surface area contributed by atoms with Crippen LogP contribution in [0.4, 0.5) is 13.2 Å². The van der Waals surface area contributed by atoms with Gasteiger partial charge in [-0.3, -0.25) is 0 Å². The second kappa shape index (κ2) is 5.76.